The number of anilines is 1. The van der Waals surface area contributed by atoms with Crippen LogP contribution in [0, 0.1) is 0 Å². The van der Waals surface area contributed by atoms with E-state index in [-0.39, 0.29) is 0 Å². The Morgan fingerprint density at radius 1 is 1.31 bits per heavy atom. The van der Waals surface area contributed by atoms with Crippen molar-refractivity contribution in [3.05, 3.63) is 41.6 Å². The number of rotatable bonds is 2. The van der Waals surface area contributed by atoms with Gasteiger partial charge in [-0.05, 0) is 12.1 Å². The van der Waals surface area contributed by atoms with E-state index >= 15 is 0 Å². The fourth-order valence-electron chi connectivity index (χ4n) is 1.48. The van der Waals surface area contributed by atoms with Crippen LogP contribution < -0.4 is 10.5 Å². The smallest absolute Gasteiger partial charge is 0.142 e. The van der Waals surface area contributed by atoms with Crippen molar-refractivity contribution in [3.8, 4) is 16.9 Å². The van der Waals surface area contributed by atoms with Crippen molar-refractivity contribution in [1.29, 1.82) is 0 Å². The Labute approximate surface area is 98.8 Å². The van der Waals surface area contributed by atoms with Crippen LogP contribution in [0.2, 0.25) is 5.02 Å². The lowest BCUT2D eigenvalue weighted by atomic mass is 10.1. The number of para-hydroxylation sites is 1. The van der Waals surface area contributed by atoms with E-state index in [1.54, 1.807) is 19.4 Å². The highest BCUT2D eigenvalue weighted by Crippen LogP contribution is 2.31. The van der Waals surface area contributed by atoms with Crippen molar-refractivity contribution >= 4 is 17.4 Å². The highest BCUT2D eigenvalue weighted by molar-refractivity contribution is 6.33. The molecule has 0 bridgehead atoms. The van der Waals surface area contributed by atoms with Gasteiger partial charge < -0.3 is 10.5 Å². The van der Waals surface area contributed by atoms with Gasteiger partial charge >= 0.3 is 0 Å². The Morgan fingerprint density at radius 2 is 2.06 bits per heavy atom. The molecule has 1 aromatic carbocycles. The Bertz CT molecular complexity index is 514. The summed E-state index contributed by atoms with van der Waals surface area (Å²) in [5.74, 6) is 1.12. The third-order valence-corrected chi connectivity index (χ3v) is 2.59. The predicted octanol–water partition coefficient (Wildman–Crippen LogP) is 2.99. The largest absolute Gasteiger partial charge is 0.496 e. The van der Waals surface area contributed by atoms with Gasteiger partial charge in [0.2, 0.25) is 0 Å². The standard InChI is InChI=1S/C12H11ClN2O/c1-16-11-5-3-2-4-9(11)8-6-10(13)12(14)15-7-8/h2-7H,1H3,(H2,14,15). The van der Waals surface area contributed by atoms with E-state index in [1.807, 2.05) is 24.3 Å². The van der Waals surface area contributed by atoms with E-state index in [0.29, 0.717) is 10.8 Å². The van der Waals surface area contributed by atoms with Crippen molar-refractivity contribution in [2.75, 3.05) is 12.8 Å². The summed E-state index contributed by atoms with van der Waals surface area (Å²) in [6.45, 7) is 0. The number of nitrogen functional groups attached to an aromatic ring is 1. The van der Waals surface area contributed by atoms with Crippen LogP contribution in [0.25, 0.3) is 11.1 Å². The molecule has 0 atom stereocenters. The summed E-state index contributed by atoms with van der Waals surface area (Å²) >= 11 is 5.93. The first-order chi connectivity index (χ1) is 7.72. The molecule has 0 aliphatic carbocycles. The molecule has 4 heteroatoms. The van der Waals surface area contributed by atoms with E-state index in [1.165, 1.54) is 0 Å². The predicted molar refractivity (Wildman–Crippen MR) is 65.6 cm³/mol. The average molecular weight is 235 g/mol. The van der Waals surface area contributed by atoms with Crippen LogP contribution in [-0.2, 0) is 0 Å². The summed E-state index contributed by atoms with van der Waals surface area (Å²) in [6.07, 6.45) is 1.68. The van der Waals surface area contributed by atoms with Crippen molar-refractivity contribution in [2.24, 2.45) is 0 Å². The molecule has 1 aromatic heterocycles. The summed E-state index contributed by atoms with van der Waals surface area (Å²) in [5, 5.41) is 0.448. The third kappa shape index (κ3) is 1.95. The second-order valence-electron chi connectivity index (χ2n) is 3.29. The molecule has 1 heterocycles. The van der Waals surface area contributed by atoms with E-state index in [0.717, 1.165) is 16.9 Å². The number of nitrogens with zero attached hydrogens (tertiary/aromatic N) is 1. The first-order valence-electron chi connectivity index (χ1n) is 4.77. The molecule has 0 saturated carbocycles. The lowest BCUT2D eigenvalue weighted by molar-refractivity contribution is 0.416. The number of methoxy groups -OCH3 is 1. The maximum atomic E-state index is 5.93. The molecule has 3 nitrogen and oxygen atoms in total. The molecule has 0 spiro atoms. The number of ether oxygens (including phenoxy) is 1. The SMILES string of the molecule is COc1ccccc1-c1cnc(N)c(Cl)c1. The van der Waals surface area contributed by atoms with Gasteiger partial charge in [0.1, 0.15) is 11.6 Å². The minimum atomic E-state index is 0.334. The highest BCUT2D eigenvalue weighted by atomic mass is 35.5. The van der Waals surface area contributed by atoms with Gasteiger partial charge in [-0.1, -0.05) is 29.8 Å². The van der Waals surface area contributed by atoms with Gasteiger partial charge in [0.15, 0.2) is 0 Å². The van der Waals surface area contributed by atoms with Crippen LogP contribution in [0.1, 0.15) is 0 Å². The van der Waals surface area contributed by atoms with Crippen molar-refractivity contribution in [1.82, 2.24) is 4.98 Å². The zero-order valence-corrected chi connectivity index (χ0v) is 9.53. The molecule has 82 valence electrons. The minimum Gasteiger partial charge on any atom is -0.496 e. The summed E-state index contributed by atoms with van der Waals surface area (Å²) < 4.78 is 5.27. The molecule has 0 saturated heterocycles. The monoisotopic (exact) mass is 234 g/mol. The fourth-order valence-corrected chi connectivity index (χ4v) is 1.65. The van der Waals surface area contributed by atoms with Crippen LogP contribution in [0.4, 0.5) is 5.82 Å². The Morgan fingerprint density at radius 3 is 2.75 bits per heavy atom. The number of aromatic nitrogens is 1. The molecule has 0 radical (unpaired) electrons. The van der Waals surface area contributed by atoms with Crippen LogP contribution in [0.5, 0.6) is 5.75 Å². The van der Waals surface area contributed by atoms with Crippen LogP contribution in [-0.4, -0.2) is 12.1 Å². The maximum Gasteiger partial charge on any atom is 0.142 e. The second kappa shape index (κ2) is 4.41. The molecule has 0 aliphatic heterocycles. The summed E-state index contributed by atoms with van der Waals surface area (Å²) in [4.78, 5) is 4.02. The van der Waals surface area contributed by atoms with Gasteiger partial charge in [0.05, 0.1) is 12.1 Å². The number of benzene rings is 1. The zero-order valence-electron chi connectivity index (χ0n) is 8.77. The molecule has 2 aromatic rings. The van der Waals surface area contributed by atoms with Gasteiger partial charge in [0, 0.05) is 17.3 Å². The van der Waals surface area contributed by atoms with E-state index in [4.69, 9.17) is 22.1 Å². The van der Waals surface area contributed by atoms with Crippen LogP contribution >= 0.6 is 11.6 Å². The molecule has 0 aliphatic rings. The molecular weight excluding hydrogens is 224 g/mol. The maximum absolute atomic E-state index is 5.93. The molecule has 0 fully saturated rings. The van der Waals surface area contributed by atoms with Crippen LogP contribution in [0.15, 0.2) is 36.5 Å². The summed E-state index contributed by atoms with van der Waals surface area (Å²) in [6, 6.07) is 9.46. The minimum absolute atomic E-state index is 0.334. The van der Waals surface area contributed by atoms with E-state index in [9.17, 15) is 0 Å². The fraction of sp³-hybridized carbons (Fsp3) is 0.0833. The van der Waals surface area contributed by atoms with Crippen molar-refractivity contribution in [3.63, 3.8) is 0 Å². The first-order valence-corrected chi connectivity index (χ1v) is 5.14. The van der Waals surface area contributed by atoms with Gasteiger partial charge in [-0.25, -0.2) is 4.98 Å². The lowest BCUT2D eigenvalue weighted by Gasteiger charge is -2.08. The topological polar surface area (TPSA) is 48.1 Å². The number of pyridine rings is 1. The number of hydrogen-bond acceptors (Lipinski definition) is 3. The van der Waals surface area contributed by atoms with Crippen molar-refractivity contribution in [2.45, 2.75) is 0 Å². The lowest BCUT2D eigenvalue weighted by Crippen LogP contribution is -1.93. The number of halogens is 1. The Kier molecular flexibility index (Phi) is 2.97. The van der Waals surface area contributed by atoms with Gasteiger partial charge in [0.25, 0.3) is 0 Å². The number of hydrogen-bond donors (Lipinski definition) is 1. The highest BCUT2D eigenvalue weighted by Gasteiger charge is 2.07. The molecular formula is C12H11ClN2O. The zero-order chi connectivity index (χ0) is 11.5. The van der Waals surface area contributed by atoms with Gasteiger partial charge in [-0.15, -0.1) is 0 Å². The summed E-state index contributed by atoms with van der Waals surface area (Å²) in [7, 11) is 1.63. The van der Waals surface area contributed by atoms with Gasteiger partial charge in [-0.3, -0.25) is 0 Å². The van der Waals surface area contributed by atoms with Crippen LogP contribution in [0.3, 0.4) is 0 Å². The molecule has 0 amide bonds. The summed E-state index contributed by atoms with van der Waals surface area (Å²) in [5.41, 5.74) is 7.39. The second-order valence-corrected chi connectivity index (χ2v) is 3.70. The van der Waals surface area contributed by atoms with Crippen molar-refractivity contribution < 1.29 is 4.74 Å². The quantitative estimate of drug-likeness (QED) is 0.869. The van der Waals surface area contributed by atoms with Gasteiger partial charge in [-0.2, -0.15) is 0 Å². The molecule has 2 N–H and O–H groups in total. The molecule has 16 heavy (non-hydrogen) atoms. The number of nitrogens with two attached hydrogens (primary N) is 1. The normalized spacial score (nSPS) is 10.1. The molecule has 2 rings (SSSR count). The van der Waals surface area contributed by atoms with E-state index in [2.05, 4.69) is 4.98 Å². The average Bonchev–Trinajstić information content (AvgIpc) is 2.32. The van der Waals surface area contributed by atoms with E-state index < -0.39 is 0 Å². The first kappa shape index (κ1) is 10.8. The third-order valence-electron chi connectivity index (χ3n) is 2.29. The Balaban J connectivity index is 2.54. The molecule has 0 unspecified atom stereocenters. The Hall–Kier alpha value is -1.74.